The number of anilines is 2. The van der Waals surface area contributed by atoms with Crippen molar-refractivity contribution in [2.75, 3.05) is 56.2 Å². The van der Waals surface area contributed by atoms with Crippen molar-refractivity contribution in [3.63, 3.8) is 0 Å². The molecule has 61 heavy (non-hydrogen) atoms. The van der Waals surface area contributed by atoms with Crippen LogP contribution in [0.4, 0.5) is 17.1 Å². The van der Waals surface area contributed by atoms with E-state index >= 15 is 0 Å². The number of amides is 1. The van der Waals surface area contributed by atoms with Crippen LogP contribution in [-0.2, 0) is 23.0 Å². The molecule has 0 unspecified atom stereocenters. The third-order valence-corrected chi connectivity index (χ3v) is 13.4. The molecule has 7 rings (SSSR count). The Labute approximate surface area is 374 Å². The number of nitrogens with one attached hydrogen (secondary N) is 2. The molecule has 0 spiro atoms. The van der Waals surface area contributed by atoms with Crippen molar-refractivity contribution in [1.82, 2.24) is 14.5 Å². The number of benzene rings is 5. The summed E-state index contributed by atoms with van der Waals surface area (Å²) in [6, 6.07) is 37.3. The highest BCUT2D eigenvalue weighted by atomic mass is 35.5. The predicted molar refractivity (Wildman–Crippen MR) is 248 cm³/mol. The molecule has 16 heteroatoms. The summed E-state index contributed by atoms with van der Waals surface area (Å²) < 4.78 is 29.2. The van der Waals surface area contributed by atoms with E-state index in [-0.39, 0.29) is 58.7 Å². The van der Waals surface area contributed by atoms with Crippen LogP contribution < -0.4 is 14.9 Å². The monoisotopic (exact) mass is 901 g/mol. The summed E-state index contributed by atoms with van der Waals surface area (Å²) in [7, 11) is -0.522. The van der Waals surface area contributed by atoms with Gasteiger partial charge in [0.1, 0.15) is 5.69 Å². The van der Waals surface area contributed by atoms with Crippen molar-refractivity contribution >= 4 is 69.6 Å². The Morgan fingerprint density at radius 2 is 1.70 bits per heavy atom. The average Bonchev–Trinajstić information content (AvgIpc) is 3.24. The lowest BCUT2D eigenvalue weighted by atomic mass is 9.92. The molecular formula is C45H49Cl2N7O5S2. The van der Waals surface area contributed by atoms with Gasteiger partial charge in [0.2, 0.25) is 0 Å². The lowest BCUT2D eigenvalue weighted by Crippen LogP contribution is -2.54. The molecule has 0 aromatic heterocycles. The highest BCUT2D eigenvalue weighted by Gasteiger charge is 2.33. The van der Waals surface area contributed by atoms with Crippen molar-refractivity contribution in [2.24, 2.45) is 0 Å². The highest BCUT2D eigenvalue weighted by molar-refractivity contribution is 7.99. The van der Waals surface area contributed by atoms with Crippen molar-refractivity contribution in [3.05, 3.63) is 148 Å². The Morgan fingerprint density at radius 1 is 0.967 bits per heavy atom. The van der Waals surface area contributed by atoms with Crippen molar-refractivity contribution in [3.8, 4) is 17.2 Å². The number of fused-ring (bicyclic) bond motifs is 3. The third kappa shape index (κ3) is 11.6. The highest BCUT2D eigenvalue weighted by Crippen LogP contribution is 2.35. The number of nitrogens with zero attached hydrogens (tertiary/aromatic N) is 5. The van der Waals surface area contributed by atoms with Crippen LogP contribution in [0.5, 0.6) is 0 Å². The molecule has 0 aliphatic carbocycles. The van der Waals surface area contributed by atoms with E-state index in [2.05, 4.69) is 44.1 Å². The lowest BCUT2D eigenvalue weighted by Gasteiger charge is -2.46. The Balaban J connectivity index is 0.00000352. The fourth-order valence-electron chi connectivity index (χ4n) is 7.80. The molecule has 12 nitrogen and oxygen atoms in total. The number of hydrogen-bond acceptors (Lipinski definition) is 11. The molecule has 2 aliphatic rings. The zero-order valence-electron chi connectivity index (χ0n) is 33.9. The average molecular weight is 903 g/mol. The van der Waals surface area contributed by atoms with Crippen molar-refractivity contribution in [1.29, 1.82) is 5.26 Å². The van der Waals surface area contributed by atoms with Crippen molar-refractivity contribution in [2.45, 2.75) is 47.7 Å². The van der Waals surface area contributed by atoms with E-state index in [0.717, 1.165) is 78.9 Å². The standard InChI is InChI=1S/C45H47N7O5S2.2ClH/c1-49(2)23-22-37(31-58-39-9-4-3-5-10-39)47-42-20-19-40(27-44(42)52(54)55)59(56,57)48-45(53)35-17-21-43-34(26-35)16-18-38-30-50(24-25-51(38)43)29-36-8-6-7-11-41(36)33-14-12-32(28-46)13-15-33;;/h3-15,17,19-21,26-27,37-38,47H,16,18,22-25,29-31H2,1-2H3,(H,48,53);2*1H/t37-,38-;;/m1../s1. The molecule has 320 valence electrons. The van der Waals surface area contributed by atoms with Gasteiger partial charge in [0.15, 0.2) is 0 Å². The fourth-order valence-corrected chi connectivity index (χ4v) is 9.79. The van der Waals surface area contributed by atoms with Crippen molar-refractivity contribution < 1.29 is 18.1 Å². The maximum Gasteiger partial charge on any atom is 0.293 e. The van der Waals surface area contributed by atoms with Gasteiger partial charge >= 0.3 is 0 Å². The van der Waals surface area contributed by atoms with Crippen LogP contribution in [0.2, 0.25) is 0 Å². The van der Waals surface area contributed by atoms with E-state index in [4.69, 9.17) is 0 Å². The SMILES string of the molecule is CN(C)CC[C@H](CSc1ccccc1)Nc1ccc(S(=O)(=O)NC(=O)c2ccc3c(c2)CC[C@@H]2CN(Cc4ccccc4-c4ccc(C#N)cc4)CCN32)cc1[N+](=O)[O-].Cl.Cl. The van der Waals surface area contributed by atoms with Gasteiger partial charge in [-0.2, -0.15) is 5.26 Å². The second-order valence-corrected chi connectivity index (χ2v) is 18.0. The maximum absolute atomic E-state index is 13.5. The molecule has 5 aromatic carbocycles. The molecule has 1 amide bonds. The quantitative estimate of drug-likeness (QED) is 0.0594. The van der Waals surface area contributed by atoms with Gasteiger partial charge in [-0.3, -0.25) is 19.8 Å². The minimum Gasteiger partial charge on any atom is -0.376 e. The minimum absolute atomic E-state index is 0. The molecule has 5 aromatic rings. The first-order valence-electron chi connectivity index (χ1n) is 19.6. The summed E-state index contributed by atoms with van der Waals surface area (Å²) in [6.07, 6.45) is 2.32. The predicted octanol–water partition coefficient (Wildman–Crippen LogP) is 8.26. The molecule has 2 atom stereocenters. The first-order valence-corrected chi connectivity index (χ1v) is 22.1. The number of nitriles is 1. The third-order valence-electron chi connectivity index (χ3n) is 10.9. The summed E-state index contributed by atoms with van der Waals surface area (Å²) in [5, 5.41) is 24.8. The van der Waals surface area contributed by atoms with E-state index in [1.165, 1.54) is 17.7 Å². The van der Waals surface area contributed by atoms with Gasteiger partial charge in [0, 0.05) is 66.2 Å². The number of halogens is 2. The summed E-state index contributed by atoms with van der Waals surface area (Å²) in [6.45, 7) is 4.09. The second kappa shape index (κ2) is 21.1. The zero-order chi connectivity index (χ0) is 41.5. The Morgan fingerprint density at radius 3 is 2.43 bits per heavy atom. The van der Waals surface area contributed by atoms with Crippen LogP contribution in [0.3, 0.4) is 0 Å². The number of piperazine rings is 1. The topological polar surface area (TPSA) is 152 Å². The van der Waals surface area contributed by atoms with Crippen LogP contribution in [0, 0.1) is 21.4 Å². The van der Waals surface area contributed by atoms with Gasteiger partial charge in [-0.05, 0) is 117 Å². The Hall–Kier alpha value is -5.14. The van der Waals surface area contributed by atoms with Crippen LogP contribution in [0.25, 0.3) is 11.1 Å². The molecule has 1 fully saturated rings. The number of nitro benzene ring substituents is 1. The van der Waals surface area contributed by atoms with E-state index in [0.29, 0.717) is 17.7 Å². The summed E-state index contributed by atoms with van der Waals surface area (Å²) in [4.78, 5) is 32.7. The number of aryl methyl sites for hydroxylation is 1. The number of rotatable bonds is 15. The number of carbonyl (C=O) groups is 1. The first kappa shape index (κ1) is 46.9. The minimum atomic E-state index is -4.44. The van der Waals surface area contributed by atoms with E-state index in [9.17, 15) is 28.6 Å². The zero-order valence-corrected chi connectivity index (χ0v) is 37.2. The molecule has 2 aliphatic heterocycles. The maximum atomic E-state index is 13.5. The van der Waals surface area contributed by atoms with Crippen LogP contribution in [0.1, 0.15) is 39.9 Å². The number of hydrogen-bond donors (Lipinski definition) is 2. The van der Waals surface area contributed by atoms with Gasteiger partial charge in [-0.25, -0.2) is 13.1 Å². The Kier molecular flexibility index (Phi) is 16.2. The summed E-state index contributed by atoms with van der Waals surface area (Å²) in [5.74, 6) is -0.160. The molecule has 2 heterocycles. The molecule has 0 saturated carbocycles. The molecular weight excluding hydrogens is 854 g/mol. The van der Waals surface area contributed by atoms with Crippen LogP contribution in [0.15, 0.2) is 125 Å². The smallest absolute Gasteiger partial charge is 0.293 e. The number of sulfonamides is 1. The number of carbonyl (C=O) groups excluding carboxylic acids is 1. The number of thioether (sulfide) groups is 1. The van der Waals surface area contributed by atoms with Gasteiger partial charge in [0.25, 0.3) is 21.6 Å². The Bertz CT molecular complexity index is 2470. The van der Waals surface area contributed by atoms with E-state index in [1.54, 1.807) is 23.9 Å². The normalized spacial score (nSPS) is 15.2. The van der Waals surface area contributed by atoms with E-state index < -0.39 is 20.9 Å². The van der Waals surface area contributed by atoms with Gasteiger partial charge < -0.3 is 15.1 Å². The van der Waals surface area contributed by atoms with Gasteiger partial charge in [-0.15, -0.1) is 36.6 Å². The first-order chi connectivity index (χ1) is 28.5. The molecule has 2 N–H and O–H groups in total. The van der Waals surface area contributed by atoms with E-state index in [1.807, 2.05) is 85.7 Å². The molecule has 0 radical (unpaired) electrons. The number of nitro groups is 1. The molecule has 0 bridgehead atoms. The molecule has 1 saturated heterocycles. The van der Waals surface area contributed by atoms with Gasteiger partial charge in [0.05, 0.1) is 21.5 Å². The van der Waals surface area contributed by atoms with Gasteiger partial charge in [-0.1, -0.05) is 54.6 Å². The summed E-state index contributed by atoms with van der Waals surface area (Å²) in [5.41, 5.74) is 6.15. The second-order valence-electron chi connectivity index (χ2n) is 15.2. The largest absolute Gasteiger partial charge is 0.376 e. The lowest BCUT2D eigenvalue weighted by molar-refractivity contribution is -0.384. The van der Waals surface area contributed by atoms with Crippen LogP contribution in [-0.4, -0.2) is 87.2 Å². The fraction of sp³-hybridized carbons (Fsp3) is 0.289. The summed E-state index contributed by atoms with van der Waals surface area (Å²) >= 11 is 1.63. The van der Waals surface area contributed by atoms with Crippen LogP contribution >= 0.6 is 36.6 Å².